The Kier molecular flexibility index (Phi) is 4.84. The number of Topliss-reactive ketones (excluding diaryl/α,β-unsaturated/α-hetero) is 1. The van der Waals surface area contributed by atoms with E-state index in [1.165, 1.54) is 12.1 Å². The first-order chi connectivity index (χ1) is 11.1. The highest BCUT2D eigenvalue weighted by molar-refractivity contribution is 5.94. The summed E-state index contributed by atoms with van der Waals surface area (Å²) in [6.45, 7) is 3.74. The number of carbonyl (C=O) groups is 1. The van der Waals surface area contributed by atoms with Crippen molar-refractivity contribution in [1.29, 1.82) is 0 Å². The summed E-state index contributed by atoms with van der Waals surface area (Å²) in [4.78, 5) is 11.4. The highest BCUT2D eigenvalue weighted by Gasteiger charge is 2.16. The van der Waals surface area contributed by atoms with Gasteiger partial charge in [0.15, 0.2) is 5.78 Å². The van der Waals surface area contributed by atoms with Gasteiger partial charge in [0.05, 0.1) is 12.7 Å². The minimum atomic E-state index is -0.266. The highest BCUT2D eigenvalue weighted by Crippen LogP contribution is 2.26. The van der Waals surface area contributed by atoms with Crippen molar-refractivity contribution in [1.82, 2.24) is 5.32 Å². The van der Waals surface area contributed by atoms with E-state index in [-0.39, 0.29) is 17.7 Å². The molecule has 23 heavy (non-hydrogen) atoms. The van der Waals surface area contributed by atoms with E-state index in [1.807, 2.05) is 12.1 Å². The average molecular weight is 313 g/mol. The summed E-state index contributed by atoms with van der Waals surface area (Å²) >= 11 is 0. The van der Waals surface area contributed by atoms with Gasteiger partial charge in [-0.05, 0) is 48.7 Å². The molecule has 2 aromatic carbocycles. The van der Waals surface area contributed by atoms with Crippen LogP contribution in [-0.2, 0) is 11.3 Å². The van der Waals surface area contributed by atoms with Gasteiger partial charge in [0.2, 0.25) is 0 Å². The van der Waals surface area contributed by atoms with E-state index in [9.17, 15) is 9.18 Å². The van der Waals surface area contributed by atoms with Gasteiger partial charge < -0.3 is 10.1 Å². The van der Waals surface area contributed by atoms with Gasteiger partial charge in [0.1, 0.15) is 5.82 Å². The number of ketones is 1. The third kappa shape index (κ3) is 3.84. The molecule has 1 aliphatic rings. The Hall–Kier alpha value is -2.04. The number of benzene rings is 2. The molecule has 1 N–H and O–H groups in total. The van der Waals surface area contributed by atoms with E-state index in [1.54, 1.807) is 25.1 Å². The Morgan fingerprint density at radius 1 is 1.26 bits per heavy atom. The normalized spacial score (nSPS) is 17.4. The summed E-state index contributed by atoms with van der Waals surface area (Å²) in [6.07, 6.45) is 1.17. The van der Waals surface area contributed by atoms with Crippen LogP contribution < -0.4 is 5.32 Å². The molecule has 120 valence electrons. The molecule has 0 radical (unpaired) electrons. The number of hydrogen-bond acceptors (Lipinski definition) is 3. The van der Waals surface area contributed by atoms with E-state index in [0.717, 1.165) is 36.2 Å². The average Bonchev–Trinajstić information content (AvgIpc) is 3.06. The Morgan fingerprint density at radius 2 is 2.04 bits per heavy atom. The molecule has 2 aromatic rings. The second-order valence-electron chi connectivity index (χ2n) is 5.86. The molecule has 0 aromatic heterocycles. The van der Waals surface area contributed by atoms with Crippen LogP contribution in [0.25, 0.3) is 11.1 Å². The zero-order valence-electron chi connectivity index (χ0n) is 13.1. The molecule has 1 aliphatic heterocycles. The second kappa shape index (κ2) is 7.02. The molecule has 4 heteroatoms. The predicted molar refractivity (Wildman–Crippen MR) is 87.9 cm³/mol. The molecule has 1 fully saturated rings. The number of halogens is 1. The number of ether oxygens (including phenoxy) is 1. The van der Waals surface area contributed by atoms with Crippen molar-refractivity contribution in [3.63, 3.8) is 0 Å². The van der Waals surface area contributed by atoms with Crippen LogP contribution in [0.1, 0.15) is 29.3 Å². The van der Waals surface area contributed by atoms with Crippen molar-refractivity contribution in [3.05, 3.63) is 59.4 Å². The molecule has 0 amide bonds. The van der Waals surface area contributed by atoms with Crippen LogP contribution in [0.5, 0.6) is 0 Å². The Bertz CT molecular complexity index is 691. The lowest BCUT2D eigenvalue weighted by molar-refractivity contribution is 0.0543. The fourth-order valence-corrected chi connectivity index (χ4v) is 2.83. The molecule has 0 saturated carbocycles. The van der Waals surface area contributed by atoms with Gasteiger partial charge in [0.25, 0.3) is 0 Å². The van der Waals surface area contributed by atoms with Crippen LogP contribution in [0.2, 0.25) is 0 Å². The summed E-state index contributed by atoms with van der Waals surface area (Å²) in [6, 6.07) is 12.1. The SMILES string of the molecule is CC(=O)c1ccc(-c2ccc(F)cc2COC2CCNC2)cc1. The lowest BCUT2D eigenvalue weighted by Crippen LogP contribution is -2.16. The van der Waals surface area contributed by atoms with Crippen LogP contribution in [-0.4, -0.2) is 25.0 Å². The monoisotopic (exact) mass is 313 g/mol. The first-order valence-corrected chi connectivity index (χ1v) is 7.85. The largest absolute Gasteiger partial charge is 0.372 e. The molecular formula is C19H20FNO2. The van der Waals surface area contributed by atoms with Gasteiger partial charge >= 0.3 is 0 Å². The standard InChI is InChI=1S/C19H20FNO2/c1-13(22)14-2-4-15(5-3-14)19-7-6-17(20)10-16(19)12-23-18-8-9-21-11-18/h2-7,10,18,21H,8-9,11-12H2,1H3. The van der Waals surface area contributed by atoms with E-state index < -0.39 is 0 Å². The minimum Gasteiger partial charge on any atom is -0.372 e. The Morgan fingerprint density at radius 3 is 2.70 bits per heavy atom. The van der Waals surface area contributed by atoms with Crippen molar-refractivity contribution in [3.8, 4) is 11.1 Å². The third-order valence-electron chi connectivity index (χ3n) is 4.16. The maximum atomic E-state index is 13.6. The van der Waals surface area contributed by atoms with Crippen LogP contribution in [0, 0.1) is 5.82 Å². The van der Waals surface area contributed by atoms with Crippen molar-refractivity contribution in [2.75, 3.05) is 13.1 Å². The maximum Gasteiger partial charge on any atom is 0.159 e. The fraction of sp³-hybridized carbons (Fsp3) is 0.316. The van der Waals surface area contributed by atoms with Gasteiger partial charge in [-0.2, -0.15) is 0 Å². The molecule has 1 saturated heterocycles. The van der Waals surface area contributed by atoms with Gasteiger partial charge in [-0.15, -0.1) is 0 Å². The van der Waals surface area contributed by atoms with E-state index >= 15 is 0 Å². The summed E-state index contributed by atoms with van der Waals surface area (Å²) in [5, 5.41) is 3.25. The van der Waals surface area contributed by atoms with Gasteiger partial charge in [-0.1, -0.05) is 30.3 Å². The molecular weight excluding hydrogens is 293 g/mol. The molecule has 1 heterocycles. The van der Waals surface area contributed by atoms with Crippen LogP contribution in [0.4, 0.5) is 4.39 Å². The Balaban J connectivity index is 1.84. The molecule has 1 unspecified atom stereocenters. The fourth-order valence-electron chi connectivity index (χ4n) is 2.83. The molecule has 3 nitrogen and oxygen atoms in total. The summed E-state index contributed by atoms with van der Waals surface area (Å²) < 4.78 is 19.5. The molecule has 1 atom stereocenters. The third-order valence-corrected chi connectivity index (χ3v) is 4.16. The molecule has 3 rings (SSSR count). The first-order valence-electron chi connectivity index (χ1n) is 7.85. The number of carbonyl (C=O) groups excluding carboxylic acids is 1. The topological polar surface area (TPSA) is 38.3 Å². The number of rotatable bonds is 5. The smallest absolute Gasteiger partial charge is 0.159 e. The Labute approximate surface area is 135 Å². The van der Waals surface area contributed by atoms with Gasteiger partial charge in [0, 0.05) is 12.1 Å². The highest BCUT2D eigenvalue weighted by atomic mass is 19.1. The summed E-state index contributed by atoms with van der Waals surface area (Å²) in [5.74, 6) is -0.231. The molecule has 0 spiro atoms. The van der Waals surface area contributed by atoms with Gasteiger partial charge in [-0.3, -0.25) is 4.79 Å². The molecule has 0 aliphatic carbocycles. The van der Waals surface area contributed by atoms with Crippen molar-refractivity contribution in [2.45, 2.75) is 26.1 Å². The summed E-state index contributed by atoms with van der Waals surface area (Å²) in [5.41, 5.74) is 3.39. The zero-order chi connectivity index (χ0) is 16.2. The predicted octanol–water partition coefficient (Wildman–Crippen LogP) is 3.57. The van der Waals surface area contributed by atoms with Gasteiger partial charge in [-0.25, -0.2) is 4.39 Å². The summed E-state index contributed by atoms with van der Waals surface area (Å²) in [7, 11) is 0. The number of nitrogens with one attached hydrogen (secondary N) is 1. The lowest BCUT2D eigenvalue weighted by atomic mass is 9.98. The maximum absolute atomic E-state index is 13.6. The second-order valence-corrected chi connectivity index (χ2v) is 5.86. The van der Waals surface area contributed by atoms with Crippen LogP contribution in [0.3, 0.4) is 0 Å². The zero-order valence-corrected chi connectivity index (χ0v) is 13.1. The van der Waals surface area contributed by atoms with E-state index in [0.29, 0.717) is 12.2 Å². The number of hydrogen-bond donors (Lipinski definition) is 1. The minimum absolute atomic E-state index is 0.0351. The first kappa shape index (κ1) is 15.8. The van der Waals surface area contributed by atoms with Crippen LogP contribution >= 0.6 is 0 Å². The van der Waals surface area contributed by atoms with Crippen LogP contribution in [0.15, 0.2) is 42.5 Å². The molecule has 0 bridgehead atoms. The quantitative estimate of drug-likeness (QED) is 0.858. The van der Waals surface area contributed by atoms with E-state index in [4.69, 9.17) is 4.74 Å². The van der Waals surface area contributed by atoms with E-state index in [2.05, 4.69) is 5.32 Å². The lowest BCUT2D eigenvalue weighted by Gasteiger charge is -2.14. The van der Waals surface area contributed by atoms with Crippen molar-refractivity contribution >= 4 is 5.78 Å². The van der Waals surface area contributed by atoms with Crippen molar-refractivity contribution < 1.29 is 13.9 Å². The van der Waals surface area contributed by atoms with Crippen molar-refractivity contribution in [2.24, 2.45) is 0 Å².